The summed E-state index contributed by atoms with van der Waals surface area (Å²) in [4.78, 5) is 11.8. The van der Waals surface area contributed by atoms with E-state index in [1.807, 2.05) is 19.1 Å². The summed E-state index contributed by atoms with van der Waals surface area (Å²) in [7, 11) is 0. The van der Waals surface area contributed by atoms with Gasteiger partial charge in [0, 0.05) is 5.75 Å². The van der Waals surface area contributed by atoms with E-state index in [-0.39, 0.29) is 17.7 Å². The predicted molar refractivity (Wildman–Crippen MR) is 73.1 cm³/mol. The highest BCUT2D eigenvalue weighted by atomic mass is 32.1. The fraction of sp³-hybridized carbons (Fsp3) is 0.500. The molecule has 0 radical (unpaired) electrons. The lowest BCUT2D eigenvalue weighted by Crippen LogP contribution is -2.16. The Balaban J connectivity index is 2.06. The van der Waals surface area contributed by atoms with Crippen LogP contribution in [0.4, 0.5) is 0 Å². The molecule has 4 heteroatoms. The third kappa shape index (κ3) is 2.70. The Hall–Kier alpha value is -1.00. The van der Waals surface area contributed by atoms with Crippen molar-refractivity contribution in [3.8, 4) is 0 Å². The van der Waals surface area contributed by atoms with E-state index in [1.165, 1.54) is 0 Å². The van der Waals surface area contributed by atoms with Gasteiger partial charge < -0.3 is 9.47 Å². The first-order chi connectivity index (χ1) is 8.61. The van der Waals surface area contributed by atoms with E-state index in [4.69, 9.17) is 9.47 Å². The standard InChI is InChI=1S/C14H18O3S/c1-3-14(9-16-14)12-6-4-11(5-7-12)13(15)17-10(2)8-18/h4-7,10,18H,3,8-9H2,1-2H3. The molecule has 2 atom stereocenters. The molecule has 1 aromatic rings. The summed E-state index contributed by atoms with van der Waals surface area (Å²) in [5, 5.41) is 0. The fourth-order valence-corrected chi connectivity index (χ4v) is 1.93. The van der Waals surface area contributed by atoms with Gasteiger partial charge >= 0.3 is 5.97 Å². The summed E-state index contributed by atoms with van der Waals surface area (Å²) in [6, 6.07) is 7.47. The fourth-order valence-electron chi connectivity index (χ4n) is 1.86. The molecule has 2 rings (SSSR count). The number of thiol groups is 1. The van der Waals surface area contributed by atoms with Crippen LogP contribution in [0.1, 0.15) is 36.2 Å². The Morgan fingerprint density at radius 1 is 1.50 bits per heavy atom. The highest BCUT2D eigenvalue weighted by Gasteiger charge is 2.44. The van der Waals surface area contributed by atoms with Gasteiger partial charge in [-0.2, -0.15) is 12.6 Å². The van der Waals surface area contributed by atoms with Crippen LogP contribution in [0.5, 0.6) is 0 Å². The van der Waals surface area contributed by atoms with Crippen molar-refractivity contribution >= 4 is 18.6 Å². The number of esters is 1. The van der Waals surface area contributed by atoms with Gasteiger partial charge in [0.2, 0.25) is 0 Å². The van der Waals surface area contributed by atoms with E-state index in [9.17, 15) is 4.79 Å². The number of epoxide rings is 1. The second-order valence-electron chi connectivity index (χ2n) is 4.61. The highest BCUT2D eigenvalue weighted by molar-refractivity contribution is 7.80. The van der Waals surface area contributed by atoms with Gasteiger partial charge in [-0.3, -0.25) is 0 Å². The minimum absolute atomic E-state index is 0.110. The van der Waals surface area contributed by atoms with Crippen LogP contribution in [0.25, 0.3) is 0 Å². The van der Waals surface area contributed by atoms with E-state index >= 15 is 0 Å². The molecule has 0 N–H and O–H groups in total. The molecule has 18 heavy (non-hydrogen) atoms. The lowest BCUT2D eigenvalue weighted by molar-refractivity contribution is 0.0386. The number of hydrogen-bond donors (Lipinski definition) is 1. The van der Waals surface area contributed by atoms with Crippen molar-refractivity contribution in [2.24, 2.45) is 0 Å². The number of ether oxygens (including phenoxy) is 2. The lowest BCUT2D eigenvalue weighted by Gasteiger charge is -2.12. The van der Waals surface area contributed by atoms with Crippen LogP contribution in [-0.4, -0.2) is 24.4 Å². The van der Waals surface area contributed by atoms with Gasteiger partial charge in [-0.15, -0.1) is 0 Å². The van der Waals surface area contributed by atoms with E-state index in [0.717, 1.165) is 18.6 Å². The lowest BCUT2D eigenvalue weighted by atomic mass is 9.96. The van der Waals surface area contributed by atoms with Crippen LogP contribution in [0.2, 0.25) is 0 Å². The molecule has 0 spiro atoms. The largest absolute Gasteiger partial charge is 0.458 e. The third-order valence-electron chi connectivity index (χ3n) is 3.28. The van der Waals surface area contributed by atoms with Gasteiger partial charge in [-0.05, 0) is 31.0 Å². The zero-order chi connectivity index (χ0) is 13.2. The first kappa shape index (κ1) is 13.4. The van der Waals surface area contributed by atoms with Crippen LogP contribution >= 0.6 is 12.6 Å². The maximum absolute atomic E-state index is 11.8. The van der Waals surface area contributed by atoms with Crippen LogP contribution in [-0.2, 0) is 15.1 Å². The van der Waals surface area contributed by atoms with Gasteiger partial charge in [-0.1, -0.05) is 19.1 Å². The molecule has 1 heterocycles. The average Bonchev–Trinajstić information content (AvgIpc) is 3.19. The highest BCUT2D eigenvalue weighted by Crippen LogP contribution is 2.41. The number of carbonyl (C=O) groups is 1. The van der Waals surface area contributed by atoms with Gasteiger partial charge in [0.15, 0.2) is 0 Å². The quantitative estimate of drug-likeness (QED) is 0.506. The summed E-state index contributed by atoms with van der Waals surface area (Å²) in [5.41, 5.74) is 1.59. The Morgan fingerprint density at radius 2 is 2.11 bits per heavy atom. The van der Waals surface area contributed by atoms with E-state index < -0.39 is 0 Å². The molecule has 1 saturated heterocycles. The van der Waals surface area contributed by atoms with Crippen LogP contribution in [0.15, 0.2) is 24.3 Å². The van der Waals surface area contributed by atoms with Crippen molar-refractivity contribution in [1.29, 1.82) is 0 Å². The number of carbonyl (C=O) groups excluding carboxylic acids is 1. The van der Waals surface area contributed by atoms with Crippen molar-refractivity contribution in [3.63, 3.8) is 0 Å². The normalized spacial score (nSPS) is 23.5. The smallest absolute Gasteiger partial charge is 0.338 e. The average molecular weight is 266 g/mol. The van der Waals surface area contributed by atoms with Gasteiger partial charge in [0.25, 0.3) is 0 Å². The van der Waals surface area contributed by atoms with Crippen molar-refractivity contribution in [2.75, 3.05) is 12.4 Å². The molecule has 2 unspecified atom stereocenters. The van der Waals surface area contributed by atoms with Crippen LogP contribution in [0, 0.1) is 0 Å². The molecule has 1 aromatic carbocycles. The maximum Gasteiger partial charge on any atom is 0.338 e. The molecular weight excluding hydrogens is 248 g/mol. The zero-order valence-corrected chi connectivity index (χ0v) is 11.6. The molecule has 1 fully saturated rings. The maximum atomic E-state index is 11.8. The molecule has 0 amide bonds. The molecule has 0 bridgehead atoms. The minimum atomic E-state index is -0.301. The first-order valence-corrected chi connectivity index (χ1v) is 6.81. The molecule has 0 aromatic heterocycles. The molecule has 1 aliphatic heterocycles. The van der Waals surface area contributed by atoms with E-state index in [0.29, 0.717) is 11.3 Å². The second kappa shape index (κ2) is 5.33. The Labute approximate surface area is 113 Å². The van der Waals surface area contributed by atoms with Crippen molar-refractivity contribution in [3.05, 3.63) is 35.4 Å². The topological polar surface area (TPSA) is 38.8 Å². The zero-order valence-electron chi connectivity index (χ0n) is 10.7. The molecule has 0 aliphatic carbocycles. The van der Waals surface area contributed by atoms with Crippen molar-refractivity contribution < 1.29 is 14.3 Å². The third-order valence-corrected chi connectivity index (χ3v) is 3.79. The summed E-state index contributed by atoms with van der Waals surface area (Å²) in [6.07, 6.45) is 0.780. The van der Waals surface area contributed by atoms with E-state index in [2.05, 4.69) is 19.6 Å². The van der Waals surface area contributed by atoms with Crippen LogP contribution in [0.3, 0.4) is 0 Å². The Bertz CT molecular complexity index is 423. The SMILES string of the molecule is CCC1(c2ccc(C(=O)OC(C)CS)cc2)CO1. The van der Waals surface area contributed by atoms with E-state index in [1.54, 1.807) is 12.1 Å². The molecule has 0 saturated carbocycles. The Morgan fingerprint density at radius 3 is 2.56 bits per heavy atom. The summed E-state index contributed by atoms with van der Waals surface area (Å²) >= 11 is 4.08. The van der Waals surface area contributed by atoms with Gasteiger partial charge in [0.1, 0.15) is 11.7 Å². The Kier molecular flexibility index (Phi) is 3.97. The molecular formula is C14H18O3S. The molecule has 1 aliphatic rings. The van der Waals surface area contributed by atoms with Gasteiger partial charge in [-0.25, -0.2) is 4.79 Å². The summed E-state index contributed by atoms with van der Waals surface area (Å²) in [5.74, 6) is 0.224. The van der Waals surface area contributed by atoms with Gasteiger partial charge in [0.05, 0.1) is 12.2 Å². The van der Waals surface area contributed by atoms with Crippen LogP contribution < -0.4 is 0 Å². The first-order valence-electron chi connectivity index (χ1n) is 6.17. The molecule has 98 valence electrons. The number of benzene rings is 1. The number of rotatable bonds is 5. The minimum Gasteiger partial charge on any atom is -0.458 e. The molecule has 3 nitrogen and oxygen atoms in total. The second-order valence-corrected chi connectivity index (χ2v) is 4.98. The van der Waals surface area contributed by atoms with Crippen molar-refractivity contribution in [1.82, 2.24) is 0 Å². The predicted octanol–water partition coefficient (Wildman–Crippen LogP) is 2.80. The summed E-state index contributed by atoms with van der Waals surface area (Å²) < 4.78 is 10.7. The van der Waals surface area contributed by atoms with Crippen molar-refractivity contribution in [2.45, 2.75) is 32.0 Å². The summed E-state index contributed by atoms with van der Waals surface area (Å²) in [6.45, 7) is 4.69. The number of hydrogen-bond acceptors (Lipinski definition) is 4. The monoisotopic (exact) mass is 266 g/mol.